The molecule has 0 radical (unpaired) electrons. The molecule has 3 heterocycles. The molecule has 0 aliphatic carbocycles. The van der Waals surface area contributed by atoms with Crippen molar-refractivity contribution >= 4 is 22.5 Å². The molecular weight excluding hydrogens is 352 g/mol. The van der Waals surface area contributed by atoms with Gasteiger partial charge in [-0.2, -0.15) is 0 Å². The normalized spacial score (nSPS) is 16.4. The van der Waals surface area contributed by atoms with Crippen molar-refractivity contribution in [2.75, 3.05) is 31.1 Å². The smallest absolute Gasteiger partial charge is 0.261 e. The van der Waals surface area contributed by atoms with Gasteiger partial charge in [0, 0.05) is 50.4 Å². The van der Waals surface area contributed by atoms with Crippen molar-refractivity contribution in [1.82, 2.24) is 14.5 Å². The average molecular weight is 374 g/mol. The van der Waals surface area contributed by atoms with Crippen LogP contribution in [0.2, 0.25) is 0 Å². The molecule has 1 fully saturated rings. The fourth-order valence-electron chi connectivity index (χ4n) is 4.21. The first kappa shape index (κ1) is 17.0. The quantitative estimate of drug-likeness (QED) is 0.691. The van der Waals surface area contributed by atoms with Gasteiger partial charge < -0.3 is 9.80 Å². The van der Waals surface area contributed by atoms with E-state index in [0.29, 0.717) is 29.6 Å². The molecule has 3 aromatic rings. The van der Waals surface area contributed by atoms with Crippen LogP contribution in [0.1, 0.15) is 22.6 Å². The maximum absolute atomic E-state index is 13.0. The van der Waals surface area contributed by atoms with Gasteiger partial charge in [-0.05, 0) is 36.8 Å². The van der Waals surface area contributed by atoms with Gasteiger partial charge in [-0.15, -0.1) is 0 Å². The molecule has 0 spiro atoms. The highest BCUT2D eigenvalue weighted by Crippen LogP contribution is 2.19. The second kappa shape index (κ2) is 6.78. The highest BCUT2D eigenvalue weighted by atomic mass is 16.2. The fourth-order valence-corrected chi connectivity index (χ4v) is 4.21. The number of rotatable bonds is 2. The van der Waals surface area contributed by atoms with Crippen molar-refractivity contribution in [2.24, 2.45) is 0 Å². The Bertz CT molecular complexity index is 1100. The van der Waals surface area contributed by atoms with Crippen molar-refractivity contribution in [3.8, 4) is 0 Å². The number of aryl methyl sites for hydroxylation is 1. The number of para-hydroxylation sites is 1. The third-order valence-corrected chi connectivity index (χ3v) is 5.75. The highest BCUT2D eigenvalue weighted by molar-refractivity contribution is 5.97. The molecule has 2 aliphatic heterocycles. The summed E-state index contributed by atoms with van der Waals surface area (Å²) in [5, 5.41) is 0.594. The Kier molecular flexibility index (Phi) is 4.11. The molecule has 1 saturated heterocycles. The number of carbonyl (C=O) groups excluding carboxylic acids is 1. The molecule has 0 saturated carbocycles. The van der Waals surface area contributed by atoms with E-state index in [4.69, 9.17) is 0 Å². The lowest BCUT2D eigenvalue weighted by Crippen LogP contribution is -2.48. The van der Waals surface area contributed by atoms with Crippen molar-refractivity contribution in [3.63, 3.8) is 0 Å². The van der Waals surface area contributed by atoms with E-state index in [-0.39, 0.29) is 11.5 Å². The molecule has 0 unspecified atom stereocenters. The van der Waals surface area contributed by atoms with Crippen LogP contribution in [0.3, 0.4) is 0 Å². The number of nitrogens with zero attached hydrogens (tertiary/aromatic N) is 4. The standard InChI is InChI=1S/C22H22N4O2/c27-21(25-13-11-24(12-14-25)17-5-2-1-3-6-17)16-8-9-18-19(15-16)23-20-7-4-10-26(20)22(18)28/h1-3,5-6,8-9,15H,4,7,10-14H2. The van der Waals surface area contributed by atoms with Crippen LogP contribution in [0.25, 0.3) is 10.9 Å². The monoisotopic (exact) mass is 374 g/mol. The lowest BCUT2D eigenvalue weighted by molar-refractivity contribution is 0.0747. The van der Waals surface area contributed by atoms with Crippen molar-refractivity contribution in [2.45, 2.75) is 19.4 Å². The molecule has 1 aromatic heterocycles. The zero-order chi connectivity index (χ0) is 19.1. The van der Waals surface area contributed by atoms with Crippen LogP contribution in [-0.2, 0) is 13.0 Å². The first-order chi connectivity index (χ1) is 13.7. The number of hydrogen-bond donors (Lipinski definition) is 0. The van der Waals surface area contributed by atoms with Crippen LogP contribution in [0.5, 0.6) is 0 Å². The van der Waals surface area contributed by atoms with E-state index < -0.39 is 0 Å². The van der Waals surface area contributed by atoms with Crippen molar-refractivity contribution in [3.05, 3.63) is 70.3 Å². The zero-order valence-electron chi connectivity index (χ0n) is 15.7. The van der Waals surface area contributed by atoms with Gasteiger partial charge in [0.15, 0.2) is 0 Å². The summed E-state index contributed by atoms with van der Waals surface area (Å²) in [4.78, 5) is 34.4. The molecule has 1 amide bonds. The molecule has 28 heavy (non-hydrogen) atoms. The van der Waals surface area contributed by atoms with Gasteiger partial charge in [0.05, 0.1) is 10.9 Å². The van der Waals surface area contributed by atoms with Gasteiger partial charge in [0.25, 0.3) is 11.5 Å². The number of anilines is 1. The third-order valence-electron chi connectivity index (χ3n) is 5.75. The first-order valence-electron chi connectivity index (χ1n) is 9.83. The van der Waals surface area contributed by atoms with Crippen LogP contribution in [0, 0.1) is 0 Å². The number of aromatic nitrogens is 2. The van der Waals surface area contributed by atoms with E-state index in [9.17, 15) is 9.59 Å². The molecule has 6 heteroatoms. The van der Waals surface area contributed by atoms with E-state index in [1.807, 2.05) is 23.1 Å². The number of hydrogen-bond acceptors (Lipinski definition) is 4. The van der Waals surface area contributed by atoms with Crippen molar-refractivity contribution < 1.29 is 4.79 Å². The Balaban J connectivity index is 1.36. The average Bonchev–Trinajstić information content (AvgIpc) is 3.22. The topological polar surface area (TPSA) is 58.4 Å². The van der Waals surface area contributed by atoms with Crippen LogP contribution in [-0.4, -0.2) is 46.5 Å². The summed E-state index contributed by atoms with van der Waals surface area (Å²) in [5.41, 5.74) is 2.44. The summed E-state index contributed by atoms with van der Waals surface area (Å²) >= 11 is 0. The van der Waals surface area contributed by atoms with Gasteiger partial charge in [0.1, 0.15) is 5.82 Å². The lowest BCUT2D eigenvalue weighted by Gasteiger charge is -2.36. The number of fused-ring (bicyclic) bond motifs is 2. The molecule has 0 atom stereocenters. The van der Waals surface area contributed by atoms with Crippen molar-refractivity contribution in [1.29, 1.82) is 0 Å². The Morgan fingerprint density at radius 2 is 1.71 bits per heavy atom. The van der Waals surface area contributed by atoms with Gasteiger partial charge in [-0.25, -0.2) is 4.98 Å². The molecular formula is C22H22N4O2. The molecule has 6 nitrogen and oxygen atoms in total. The number of benzene rings is 2. The van der Waals surface area contributed by atoms with E-state index in [0.717, 1.165) is 38.3 Å². The molecule has 0 N–H and O–H groups in total. The van der Waals surface area contributed by atoms with E-state index in [1.54, 1.807) is 22.8 Å². The maximum atomic E-state index is 13.0. The minimum Gasteiger partial charge on any atom is -0.368 e. The Labute approximate surface area is 163 Å². The van der Waals surface area contributed by atoms with Crippen LogP contribution >= 0.6 is 0 Å². The highest BCUT2D eigenvalue weighted by Gasteiger charge is 2.23. The minimum atomic E-state index is 0.00738. The predicted molar refractivity (Wildman–Crippen MR) is 109 cm³/mol. The summed E-state index contributed by atoms with van der Waals surface area (Å²) in [6.45, 7) is 3.74. The van der Waals surface area contributed by atoms with E-state index in [2.05, 4.69) is 22.0 Å². The summed E-state index contributed by atoms with van der Waals surface area (Å²) in [6.07, 6.45) is 1.78. The Morgan fingerprint density at radius 1 is 0.929 bits per heavy atom. The van der Waals surface area contributed by atoms with Crippen LogP contribution < -0.4 is 10.5 Å². The minimum absolute atomic E-state index is 0.00738. The first-order valence-corrected chi connectivity index (χ1v) is 9.83. The lowest BCUT2D eigenvalue weighted by atomic mass is 10.1. The summed E-state index contributed by atoms with van der Waals surface area (Å²) < 4.78 is 1.76. The summed E-state index contributed by atoms with van der Waals surface area (Å²) in [7, 11) is 0. The van der Waals surface area contributed by atoms with Gasteiger partial charge in [-0.1, -0.05) is 18.2 Å². The molecule has 2 aliphatic rings. The van der Waals surface area contributed by atoms with Gasteiger partial charge in [-0.3, -0.25) is 14.2 Å². The van der Waals surface area contributed by atoms with Crippen LogP contribution in [0.4, 0.5) is 5.69 Å². The second-order valence-corrected chi connectivity index (χ2v) is 7.44. The van der Waals surface area contributed by atoms with Crippen LogP contribution in [0.15, 0.2) is 53.3 Å². The summed E-state index contributed by atoms with van der Waals surface area (Å²) in [6, 6.07) is 15.6. The molecule has 5 rings (SSSR count). The number of amides is 1. The number of carbonyl (C=O) groups is 1. The Hall–Kier alpha value is -3.15. The molecule has 2 aromatic carbocycles. The van der Waals surface area contributed by atoms with Gasteiger partial charge >= 0.3 is 0 Å². The van der Waals surface area contributed by atoms with Gasteiger partial charge in [0.2, 0.25) is 0 Å². The Morgan fingerprint density at radius 3 is 2.50 bits per heavy atom. The molecule has 142 valence electrons. The predicted octanol–water partition coefficient (Wildman–Crippen LogP) is 2.31. The fraction of sp³-hybridized carbons (Fsp3) is 0.318. The molecule has 0 bridgehead atoms. The van der Waals surface area contributed by atoms with E-state index >= 15 is 0 Å². The largest absolute Gasteiger partial charge is 0.368 e. The number of piperazine rings is 1. The van der Waals surface area contributed by atoms with E-state index in [1.165, 1.54) is 5.69 Å². The third kappa shape index (κ3) is 2.85. The maximum Gasteiger partial charge on any atom is 0.261 e. The summed E-state index contributed by atoms with van der Waals surface area (Å²) in [5.74, 6) is 0.843. The SMILES string of the molecule is O=C(c1ccc2c(=O)n3c(nc2c1)CCC3)N1CCN(c2ccccc2)CC1. The second-order valence-electron chi connectivity index (χ2n) is 7.44. The zero-order valence-corrected chi connectivity index (χ0v) is 15.7.